The summed E-state index contributed by atoms with van der Waals surface area (Å²) in [6.45, 7) is 1.13. The number of anilines is 1. The Morgan fingerprint density at radius 1 is 1.10 bits per heavy atom. The highest BCUT2D eigenvalue weighted by Gasteiger charge is 2.23. The summed E-state index contributed by atoms with van der Waals surface area (Å²) in [5.74, 6) is -0.546. The molecule has 0 aliphatic carbocycles. The molecule has 2 amide bonds. The van der Waals surface area contributed by atoms with Gasteiger partial charge in [-0.05, 0) is 24.3 Å². The van der Waals surface area contributed by atoms with Crippen molar-refractivity contribution in [3.63, 3.8) is 0 Å². The Morgan fingerprint density at radius 2 is 1.62 bits per heavy atom. The summed E-state index contributed by atoms with van der Waals surface area (Å²) in [6, 6.07) is 5.76. The molecule has 0 aliphatic rings. The van der Waals surface area contributed by atoms with Gasteiger partial charge in [-0.15, -0.1) is 0 Å². The molecule has 0 radical (unpaired) electrons. The molecule has 0 spiro atoms. The Bertz CT molecular complexity index is 623. The number of rotatable bonds is 5. The predicted octanol–water partition coefficient (Wildman–Crippen LogP) is 0.354. The van der Waals surface area contributed by atoms with Crippen LogP contribution in [-0.4, -0.2) is 57.1 Å². The maximum absolute atomic E-state index is 12.3. The lowest BCUT2D eigenvalue weighted by molar-refractivity contribution is -0.128. The number of likely N-dealkylation sites (N-methyl/N-ethyl adjacent to an activating group) is 2. The van der Waals surface area contributed by atoms with E-state index in [1.807, 2.05) is 0 Å². The third kappa shape index (κ3) is 4.54. The number of nitrogens with one attached hydrogen (secondary N) is 1. The summed E-state index contributed by atoms with van der Waals surface area (Å²) in [4.78, 5) is 23.9. The van der Waals surface area contributed by atoms with E-state index in [1.54, 1.807) is 14.1 Å². The Balaban J connectivity index is 2.92. The first-order valence-electron chi connectivity index (χ1n) is 6.18. The van der Waals surface area contributed by atoms with Crippen LogP contribution in [0.4, 0.5) is 5.69 Å². The summed E-state index contributed by atoms with van der Waals surface area (Å²) in [5, 5.41) is 2.55. The van der Waals surface area contributed by atoms with Gasteiger partial charge in [0.2, 0.25) is 21.8 Å². The normalized spacial score (nSPS) is 11.3. The van der Waals surface area contributed by atoms with E-state index in [0.717, 1.165) is 4.31 Å². The van der Waals surface area contributed by atoms with Gasteiger partial charge in [0, 0.05) is 33.8 Å². The summed E-state index contributed by atoms with van der Waals surface area (Å²) in [6.07, 6.45) is 0. The zero-order valence-electron chi connectivity index (χ0n) is 12.5. The molecule has 0 aliphatic heterocycles. The van der Waals surface area contributed by atoms with Crippen molar-refractivity contribution in [2.45, 2.75) is 11.8 Å². The van der Waals surface area contributed by atoms with Gasteiger partial charge in [0.05, 0.1) is 11.4 Å². The van der Waals surface area contributed by atoms with Crippen LogP contribution in [0.1, 0.15) is 6.92 Å². The largest absolute Gasteiger partial charge is 0.348 e. The first kappa shape index (κ1) is 17.1. The molecule has 116 valence electrons. The predicted molar refractivity (Wildman–Crippen MR) is 79.3 cm³/mol. The lowest BCUT2D eigenvalue weighted by Crippen LogP contribution is -2.37. The van der Waals surface area contributed by atoms with Crippen LogP contribution in [0.15, 0.2) is 29.2 Å². The minimum atomic E-state index is -3.74. The van der Waals surface area contributed by atoms with E-state index in [1.165, 1.54) is 43.1 Å². The van der Waals surface area contributed by atoms with Crippen LogP contribution < -0.4 is 5.32 Å². The minimum Gasteiger partial charge on any atom is -0.348 e. The second-order valence-corrected chi connectivity index (χ2v) is 6.80. The minimum absolute atomic E-state index is 0.0608. The molecule has 0 saturated heterocycles. The topological polar surface area (TPSA) is 86.8 Å². The molecule has 0 aromatic heterocycles. The Kier molecular flexibility index (Phi) is 5.45. The molecule has 0 fully saturated rings. The first-order valence-corrected chi connectivity index (χ1v) is 7.62. The van der Waals surface area contributed by atoms with Crippen LogP contribution in [0, 0.1) is 0 Å². The van der Waals surface area contributed by atoms with Crippen molar-refractivity contribution < 1.29 is 18.0 Å². The number of hydrogen-bond acceptors (Lipinski definition) is 4. The van der Waals surface area contributed by atoms with E-state index < -0.39 is 10.0 Å². The number of benzene rings is 1. The molecule has 0 saturated carbocycles. The van der Waals surface area contributed by atoms with Crippen molar-refractivity contribution in [2.24, 2.45) is 0 Å². The van der Waals surface area contributed by atoms with Gasteiger partial charge in [0.15, 0.2) is 0 Å². The molecule has 21 heavy (non-hydrogen) atoms. The summed E-state index contributed by atoms with van der Waals surface area (Å²) in [7, 11) is 0.727. The summed E-state index contributed by atoms with van der Waals surface area (Å²) >= 11 is 0. The molecule has 0 atom stereocenters. The third-order valence-corrected chi connectivity index (χ3v) is 4.56. The van der Waals surface area contributed by atoms with Gasteiger partial charge in [0.1, 0.15) is 0 Å². The van der Waals surface area contributed by atoms with Gasteiger partial charge in [0.25, 0.3) is 0 Å². The summed E-state index contributed by atoms with van der Waals surface area (Å²) in [5.41, 5.74) is 0.508. The molecule has 1 rings (SSSR count). The Hall–Kier alpha value is -1.93. The highest BCUT2D eigenvalue weighted by Crippen LogP contribution is 2.17. The highest BCUT2D eigenvalue weighted by atomic mass is 32.2. The molecule has 0 unspecified atom stereocenters. The van der Waals surface area contributed by atoms with E-state index >= 15 is 0 Å². The number of carbonyl (C=O) groups excluding carboxylic acids is 2. The highest BCUT2D eigenvalue weighted by molar-refractivity contribution is 7.89. The number of carbonyl (C=O) groups is 2. The second-order valence-electron chi connectivity index (χ2n) is 4.75. The maximum atomic E-state index is 12.3. The standard InChI is InChI=1S/C13H19N3O4S/c1-10(17)14-11-5-7-12(8-6-11)21(19,20)16(4)9-13(18)15(2)3/h5-8H,9H2,1-4H3,(H,14,17). The van der Waals surface area contributed by atoms with E-state index in [0.29, 0.717) is 5.69 Å². The van der Waals surface area contributed by atoms with Crippen molar-refractivity contribution >= 4 is 27.5 Å². The number of nitrogens with zero attached hydrogens (tertiary/aromatic N) is 2. The zero-order valence-corrected chi connectivity index (χ0v) is 13.3. The molecular formula is C13H19N3O4S. The molecule has 1 aromatic rings. The van der Waals surface area contributed by atoms with Gasteiger partial charge < -0.3 is 10.2 Å². The van der Waals surface area contributed by atoms with E-state index in [2.05, 4.69) is 5.32 Å². The quantitative estimate of drug-likeness (QED) is 0.850. The van der Waals surface area contributed by atoms with Crippen LogP contribution in [-0.2, 0) is 19.6 Å². The molecule has 1 N–H and O–H groups in total. The van der Waals surface area contributed by atoms with Crippen LogP contribution in [0.25, 0.3) is 0 Å². The SMILES string of the molecule is CC(=O)Nc1ccc(S(=O)(=O)N(C)CC(=O)N(C)C)cc1. The van der Waals surface area contributed by atoms with Gasteiger partial charge in [-0.1, -0.05) is 0 Å². The van der Waals surface area contributed by atoms with E-state index in [9.17, 15) is 18.0 Å². The number of sulfonamides is 1. The van der Waals surface area contributed by atoms with Crippen molar-refractivity contribution in [1.29, 1.82) is 0 Å². The maximum Gasteiger partial charge on any atom is 0.243 e. The Morgan fingerprint density at radius 3 is 2.05 bits per heavy atom. The molecule has 0 heterocycles. The van der Waals surface area contributed by atoms with Gasteiger partial charge in [-0.3, -0.25) is 9.59 Å². The Labute approximate surface area is 124 Å². The smallest absolute Gasteiger partial charge is 0.243 e. The van der Waals surface area contributed by atoms with Crippen molar-refractivity contribution in [3.8, 4) is 0 Å². The fourth-order valence-corrected chi connectivity index (χ4v) is 2.63. The van der Waals surface area contributed by atoms with E-state index in [4.69, 9.17) is 0 Å². The summed E-state index contributed by atoms with van der Waals surface area (Å²) < 4.78 is 25.6. The van der Waals surface area contributed by atoms with Crippen LogP contribution in [0.3, 0.4) is 0 Å². The fraction of sp³-hybridized carbons (Fsp3) is 0.385. The fourth-order valence-electron chi connectivity index (χ4n) is 1.51. The number of hydrogen-bond donors (Lipinski definition) is 1. The second kappa shape index (κ2) is 6.68. The average Bonchev–Trinajstić information content (AvgIpc) is 2.38. The first-order chi connectivity index (χ1) is 9.64. The van der Waals surface area contributed by atoms with Gasteiger partial charge >= 0.3 is 0 Å². The average molecular weight is 313 g/mol. The molecular weight excluding hydrogens is 294 g/mol. The molecule has 7 nitrogen and oxygen atoms in total. The van der Waals surface area contributed by atoms with Crippen molar-refractivity contribution in [2.75, 3.05) is 33.0 Å². The van der Waals surface area contributed by atoms with E-state index in [-0.39, 0.29) is 23.3 Å². The zero-order chi connectivity index (χ0) is 16.2. The molecule has 8 heteroatoms. The van der Waals surface area contributed by atoms with Crippen molar-refractivity contribution in [3.05, 3.63) is 24.3 Å². The van der Waals surface area contributed by atoms with Crippen LogP contribution in [0.2, 0.25) is 0 Å². The van der Waals surface area contributed by atoms with Crippen LogP contribution in [0.5, 0.6) is 0 Å². The number of amides is 2. The lowest BCUT2D eigenvalue weighted by Gasteiger charge is -2.19. The third-order valence-electron chi connectivity index (χ3n) is 2.74. The van der Waals surface area contributed by atoms with Gasteiger partial charge in [-0.25, -0.2) is 8.42 Å². The van der Waals surface area contributed by atoms with Crippen LogP contribution >= 0.6 is 0 Å². The molecule has 1 aromatic carbocycles. The lowest BCUT2D eigenvalue weighted by atomic mass is 10.3. The van der Waals surface area contributed by atoms with Crippen molar-refractivity contribution in [1.82, 2.24) is 9.21 Å². The molecule has 0 bridgehead atoms. The monoisotopic (exact) mass is 313 g/mol. The van der Waals surface area contributed by atoms with Gasteiger partial charge in [-0.2, -0.15) is 4.31 Å².